The van der Waals surface area contributed by atoms with Gasteiger partial charge in [-0.15, -0.1) is 5.10 Å². The third kappa shape index (κ3) is 2.99. The molecule has 0 atom stereocenters. The molecule has 5 aromatic rings. The predicted molar refractivity (Wildman–Crippen MR) is 120 cm³/mol. The number of hydrogen-bond donors (Lipinski definition) is 0. The fourth-order valence-corrected chi connectivity index (χ4v) is 4.01. The van der Waals surface area contributed by atoms with E-state index in [1.807, 2.05) is 30.3 Å². The molecule has 8 nitrogen and oxygen atoms in total. The standard InChI is InChI=1S/C23H16ClN5O3/c24-16-4-1-2-5-18(16)28-9-8-17-15(22(28)30)13-25-23-26-21(27-29(17)23)14-6-7-19-20(12-14)32-11-3-10-31-19/h1-2,4-9,12-13H,3,10-11H2. The summed E-state index contributed by atoms with van der Waals surface area (Å²) in [4.78, 5) is 22.1. The van der Waals surface area contributed by atoms with Gasteiger partial charge in [0.15, 0.2) is 17.3 Å². The van der Waals surface area contributed by atoms with Gasteiger partial charge < -0.3 is 9.47 Å². The van der Waals surface area contributed by atoms with Gasteiger partial charge in [0, 0.05) is 24.4 Å². The van der Waals surface area contributed by atoms with Crippen molar-refractivity contribution in [3.8, 4) is 28.6 Å². The minimum Gasteiger partial charge on any atom is -0.490 e. The lowest BCUT2D eigenvalue weighted by molar-refractivity contribution is 0.297. The van der Waals surface area contributed by atoms with Crippen LogP contribution in [0.3, 0.4) is 0 Å². The van der Waals surface area contributed by atoms with Gasteiger partial charge in [0.25, 0.3) is 11.3 Å². The van der Waals surface area contributed by atoms with Gasteiger partial charge in [0.1, 0.15) is 0 Å². The fourth-order valence-electron chi connectivity index (χ4n) is 3.78. The highest BCUT2D eigenvalue weighted by Crippen LogP contribution is 2.33. The normalized spacial score (nSPS) is 13.4. The topological polar surface area (TPSA) is 83.5 Å². The number of nitrogens with zero attached hydrogens (tertiary/aromatic N) is 5. The molecule has 0 aliphatic carbocycles. The molecule has 0 spiro atoms. The van der Waals surface area contributed by atoms with Crippen molar-refractivity contribution >= 4 is 28.3 Å². The van der Waals surface area contributed by atoms with Crippen LogP contribution in [0.4, 0.5) is 0 Å². The SMILES string of the molecule is O=c1c2cnc3nc(-c4ccc5c(c4)OCCCO5)nn3c2ccn1-c1ccccc1Cl. The molecule has 0 saturated heterocycles. The molecule has 9 heteroatoms. The molecule has 0 saturated carbocycles. The van der Waals surface area contributed by atoms with Gasteiger partial charge in [-0.2, -0.15) is 9.50 Å². The molecule has 0 radical (unpaired) electrons. The van der Waals surface area contributed by atoms with Crippen molar-refractivity contribution in [1.82, 2.24) is 24.1 Å². The summed E-state index contributed by atoms with van der Waals surface area (Å²) in [5, 5.41) is 5.52. The van der Waals surface area contributed by atoms with E-state index in [9.17, 15) is 4.79 Å². The third-order valence-electron chi connectivity index (χ3n) is 5.35. The highest BCUT2D eigenvalue weighted by Gasteiger charge is 2.16. The summed E-state index contributed by atoms with van der Waals surface area (Å²) >= 11 is 6.29. The molecule has 0 fully saturated rings. The van der Waals surface area contributed by atoms with Crippen LogP contribution in [-0.2, 0) is 0 Å². The first-order valence-electron chi connectivity index (χ1n) is 10.1. The molecule has 4 heterocycles. The molecule has 0 unspecified atom stereocenters. The van der Waals surface area contributed by atoms with Gasteiger partial charge in [-0.3, -0.25) is 9.36 Å². The largest absolute Gasteiger partial charge is 0.490 e. The lowest BCUT2D eigenvalue weighted by Gasteiger charge is -2.09. The second-order valence-electron chi connectivity index (χ2n) is 7.36. The van der Waals surface area contributed by atoms with E-state index < -0.39 is 0 Å². The summed E-state index contributed by atoms with van der Waals surface area (Å²) in [5.74, 6) is 2.25. The summed E-state index contributed by atoms with van der Waals surface area (Å²) in [7, 11) is 0. The van der Waals surface area contributed by atoms with Gasteiger partial charge in [0.2, 0.25) is 0 Å². The van der Waals surface area contributed by atoms with Gasteiger partial charge in [0.05, 0.1) is 34.8 Å². The summed E-state index contributed by atoms with van der Waals surface area (Å²) in [6, 6.07) is 14.6. The fraction of sp³-hybridized carbons (Fsp3) is 0.130. The maximum Gasteiger partial charge on any atom is 0.266 e. The van der Waals surface area contributed by atoms with Crippen molar-refractivity contribution in [2.45, 2.75) is 6.42 Å². The molecule has 1 aliphatic rings. The molecule has 2 aromatic carbocycles. The molecule has 0 amide bonds. The van der Waals surface area contributed by atoms with Crippen LogP contribution >= 0.6 is 11.6 Å². The lowest BCUT2D eigenvalue weighted by Crippen LogP contribution is -2.19. The molecule has 3 aromatic heterocycles. The van der Waals surface area contributed by atoms with E-state index in [4.69, 9.17) is 21.1 Å². The Bertz CT molecular complexity index is 1560. The van der Waals surface area contributed by atoms with Crippen molar-refractivity contribution in [2.24, 2.45) is 0 Å². The Labute approximate surface area is 186 Å². The van der Waals surface area contributed by atoms with Crippen LogP contribution in [0.5, 0.6) is 11.5 Å². The van der Waals surface area contributed by atoms with E-state index in [2.05, 4.69) is 15.1 Å². The quantitative estimate of drug-likeness (QED) is 0.409. The average molecular weight is 446 g/mol. The van der Waals surface area contributed by atoms with Crippen LogP contribution in [0, 0.1) is 0 Å². The highest BCUT2D eigenvalue weighted by atomic mass is 35.5. The first kappa shape index (κ1) is 18.8. The molecule has 0 N–H and O–H groups in total. The van der Waals surface area contributed by atoms with Crippen LogP contribution in [0.1, 0.15) is 6.42 Å². The van der Waals surface area contributed by atoms with Gasteiger partial charge in [-0.05, 0) is 36.4 Å². The van der Waals surface area contributed by atoms with Crippen molar-refractivity contribution in [2.75, 3.05) is 13.2 Å². The zero-order valence-electron chi connectivity index (χ0n) is 16.7. The lowest BCUT2D eigenvalue weighted by atomic mass is 10.2. The molecule has 1 aliphatic heterocycles. The smallest absolute Gasteiger partial charge is 0.266 e. The number of rotatable bonds is 2. The second-order valence-corrected chi connectivity index (χ2v) is 7.77. The van der Waals surface area contributed by atoms with Crippen molar-refractivity contribution in [1.29, 1.82) is 0 Å². The van der Waals surface area contributed by atoms with Crippen LogP contribution in [-0.4, -0.2) is 37.4 Å². The summed E-state index contributed by atoms with van der Waals surface area (Å²) in [5.41, 5.74) is 1.75. The number of ether oxygens (including phenoxy) is 2. The monoisotopic (exact) mass is 445 g/mol. The van der Waals surface area contributed by atoms with E-state index in [0.29, 0.717) is 57.9 Å². The number of pyridine rings is 1. The van der Waals surface area contributed by atoms with Crippen LogP contribution in [0.2, 0.25) is 5.02 Å². The molecule has 0 bridgehead atoms. The van der Waals surface area contributed by atoms with Crippen LogP contribution in [0.25, 0.3) is 33.8 Å². The minimum atomic E-state index is -0.238. The van der Waals surface area contributed by atoms with Crippen molar-refractivity contribution in [3.05, 3.63) is 76.3 Å². The van der Waals surface area contributed by atoms with Gasteiger partial charge >= 0.3 is 0 Å². The first-order chi connectivity index (χ1) is 15.7. The first-order valence-corrected chi connectivity index (χ1v) is 10.5. The number of para-hydroxylation sites is 1. The molecule has 158 valence electrons. The molecular formula is C23H16ClN5O3. The van der Waals surface area contributed by atoms with Gasteiger partial charge in [-0.25, -0.2) is 4.98 Å². The zero-order valence-corrected chi connectivity index (χ0v) is 17.5. The van der Waals surface area contributed by atoms with Crippen LogP contribution in [0.15, 0.2) is 65.7 Å². The Hall–Kier alpha value is -3.91. The minimum absolute atomic E-state index is 0.238. The van der Waals surface area contributed by atoms with Crippen LogP contribution < -0.4 is 15.0 Å². The van der Waals surface area contributed by atoms with Crippen molar-refractivity contribution < 1.29 is 9.47 Å². The number of hydrogen-bond acceptors (Lipinski definition) is 6. The average Bonchev–Trinajstić information content (AvgIpc) is 3.11. The Morgan fingerprint density at radius 3 is 2.72 bits per heavy atom. The maximum atomic E-state index is 13.2. The summed E-state index contributed by atoms with van der Waals surface area (Å²) in [6.45, 7) is 1.22. The van der Waals surface area contributed by atoms with E-state index in [-0.39, 0.29) is 5.56 Å². The second kappa shape index (κ2) is 7.35. The number of aromatic nitrogens is 5. The zero-order chi connectivity index (χ0) is 21.7. The maximum absolute atomic E-state index is 13.2. The Morgan fingerprint density at radius 1 is 1.00 bits per heavy atom. The Kier molecular flexibility index (Phi) is 4.32. The Balaban J connectivity index is 1.49. The number of halogens is 1. The van der Waals surface area contributed by atoms with E-state index in [0.717, 1.165) is 12.0 Å². The Morgan fingerprint density at radius 2 is 1.84 bits per heavy atom. The van der Waals surface area contributed by atoms with Gasteiger partial charge in [-0.1, -0.05) is 23.7 Å². The number of benzene rings is 2. The van der Waals surface area contributed by atoms with E-state index >= 15 is 0 Å². The molecule has 6 rings (SSSR count). The van der Waals surface area contributed by atoms with E-state index in [1.165, 1.54) is 10.8 Å². The summed E-state index contributed by atoms with van der Waals surface area (Å²) < 4.78 is 14.5. The predicted octanol–water partition coefficient (Wildman–Crippen LogP) is 3.91. The highest BCUT2D eigenvalue weighted by molar-refractivity contribution is 6.32. The third-order valence-corrected chi connectivity index (χ3v) is 5.67. The molecule has 32 heavy (non-hydrogen) atoms. The summed E-state index contributed by atoms with van der Waals surface area (Å²) in [6.07, 6.45) is 4.03. The number of fused-ring (bicyclic) bond motifs is 4. The van der Waals surface area contributed by atoms with E-state index in [1.54, 1.807) is 28.9 Å². The van der Waals surface area contributed by atoms with Crippen molar-refractivity contribution in [3.63, 3.8) is 0 Å². The molecular weight excluding hydrogens is 430 g/mol.